The Hall–Kier alpha value is -1.13. The molecule has 0 radical (unpaired) electrons. The van der Waals surface area contributed by atoms with Crippen molar-refractivity contribution in [3.05, 3.63) is 52.3 Å². The number of rotatable bonds is 7. The molecular formula is C16H20BrN3. The van der Waals surface area contributed by atoms with Crippen molar-refractivity contribution in [1.82, 2.24) is 15.1 Å². The number of hydrogen-bond acceptors (Lipinski definition) is 2. The van der Waals surface area contributed by atoms with E-state index in [4.69, 9.17) is 0 Å². The van der Waals surface area contributed by atoms with Gasteiger partial charge in [-0.1, -0.05) is 28.1 Å². The fourth-order valence-electron chi connectivity index (χ4n) is 2.28. The summed E-state index contributed by atoms with van der Waals surface area (Å²) in [6.45, 7) is 1.97. The Labute approximate surface area is 128 Å². The van der Waals surface area contributed by atoms with Crippen LogP contribution >= 0.6 is 15.9 Å². The molecule has 0 bridgehead atoms. The summed E-state index contributed by atoms with van der Waals surface area (Å²) in [7, 11) is 0. The minimum absolute atomic E-state index is 0.815. The highest BCUT2D eigenvalue weighted by Gasteiger charge is 2.19. The zero-order valence-electron chi connectivity index (χ0n) is 11.6. The first-order valence-corrected chi connectivity index (χ1v) is 8.08. The second kappa shape index (κ2) is 6.55. The monoisotopic (exact) mass is 333 g/mol. The maximum atomic E-state index is 4.44. The number of benzene rings is 1. The van der Waals surface area contributed by atoms with Crippen LogP contribution in [-0.4, -0.2) is 22.4 Å². The van der Waals surface area contributed by atoms with Crippen LogP contribution in [0.4, 0.5) is 0 Å². The lowest BCUT2D eigenvalue weighted by molar-refractivity contribution is 0.644. The van der Waals surface area contributed by atoms with E-state index < -0.39 is 0 Å². The molecule has 3 rings (SSSR count). The molecule has 2 aromatic rings. The Morgan fingerprint density at radius 3 is 2.75 bits per heavy atom. The van der Waals surface area contributed by atoms with Crippen LogP contribution in [0.2, 0.25) is 0 Å². The molecule has 0 amide bonds. The Morgan fingerprint density at radius 1 is 1.20 bits per heavy atom. The van der Waals surface area contributed by atoms with Gasteiger partial charge in [-0.05, 0) is 55.5 Å². The van der Waals surface area contributed by atoms with Crippen molar-refractivity contribution in [2.45, 2.75) is 38.3 Å². The van der Waals surface area contributed by atoms with Gasteiger partial charge in [0.15, 0.2) is 0 Å². The van der Waals surface area contributed by atoms with Crippen molar-refractivity contribution in [2.75, 3.05) is 6.54 Å². The maximum Gasteiger partial charge on any atom is 0.0659 e. The van der Waals surface area contributed by atoms with Crippen LogP contribution in [0.25, 0.3) is 0 Å². The highest BCUT2D eigenvalue weighted by atomic mass is 79.9. The number of hydrogen-bond donors (Lipinski definition) is 1. The molecule has 1 aromatic heterocycles. The first-order valence-electron chi connectivity index (χ1n) is 7.29. The lowest BCUT2D eigenvalue weighted by Crippen LogP contribution is -2.17. The number of aromatic nitrogens is 2. The summed E-state index contributed by atoms with van der Waals surface area (Å²) >= 11 is 3.46. The van der Waals surface area contributed by atoms with Crippen LogP contribution in [0.5, 0.6) is 0 Å². The first-order chi connectivity index (χ1) is 9.79. The molecule has 1 N–H and O–H groups in total. The van der Waals surface area contributed by atoms with E-state index in [0.717, 1.165) is 30.0 Å². The second-order valence-electron chi connectivity index (χ2n) is 5.50. The summed E-state index contributed by atoms with van der Waals surface area (Å²) in [4.78, 5) is 0. The molecule has 1 fully saturated rings. The highest BCUT2D eigenvalue weighted by Crippen LogP contribution is 2.18. The van der Waals surface area contributed by atoms with Crippen LogP contribution in [-0.2, 0) is 13.0 Å². The van der Waals surface area contributed by atoms with Crippen LogP contribution in [0.15, 0.2) is 41.1 Å². The van der Waals surface area contributed by atoms with Crippen molar-refractivity contribution in [1.29, 1.82) is 0 Å². The average molecular weight is 334 g/mol. The number of nitrogens with zero attached hydrogens (tertiary/aromatic N) is 2. The highest BCUT2D eigenvalue weighted by molar-refractivity contribution is 9.10. The Bertz CT molecular complexity index is 543. The van der Waals surface area contributed by atoms with E-state index in [2.05, 4.69) is 56.8 Å². The van der Waals surface area contributed by atoms with Crippen molar-refractivity contribution in [2.24, 2.45) is 0 Å². The molecule has 0 spiro atoms. The van der Waals surface area contributed by atoms with Crippen molar-refractivity contribution < 1.29 is 0 Å². The van der Waals surface area contributed by atoms with E-state index in [1.54, 1.807) is 0 Å². The quantitative estimate of drug-likeness (QED) is 0.787. The van der Waals surface area contributed by atoms with E-state index in [1.807, 2.05) is 10.9 Å². The molecule has 4 heteroatoms. The smallest absolute Gasteiger partial charge is 0.0659 e. The minimum atomic E-state index is 0.815. The van der Waals surface area contributed by atoms with Crippen molar-refractivity contribution >= 4 is 15.9 Å². The third-order valence-electron chi connectivity index (χ3n) is 3.60. The van der Waals surface area contributed by atoms with Gasteiger partial charge in [-0.2, -0.15) is 5.10 Å². The van der Waals surface area contributed by atoms with E-state index >= 15 is 0 Å². The molecular weight excluding hydrogens is 314 g/mol. The summed E-state index contributed by atoms with van der Waals surface area (Å²) in [6.07, 6.45) is 9.20. The van der Waals surface area contributed by atoms with Crippen LogP contribution in [0, 0.1) is 0 Å². The molecule has 1 aliphatic rings. The first kappa shape index (κ1) is 13.8. The van der Waals surface area contributed by atoms with Crippen LogP contribution in [0.3, 0.4) is 0 Å². The van der Waals surface area contributed by atoms with Gasteiger partial charge in [-0.15, -0.1) is 0 Å². The number of halogens is 1. The molecule has 1 saturated carbocycles. The Balaban J connectivity index is 1.46. The van der Waals surface area contributed by atoms with Gasteiger partial charge < -0.3 is 5.32 Å². The fourth-order valence-corrected chi connectivity index (χ4v) is 2.55. The lowest BCUT2D eigenvalue weighted by Gasteiger charge is -2.02. The van der Waals surface area contributed by atoms with Gasteiger partial charge in [-0.3, -0.25) is 4.68 Å². The van der Waals surface area contributed by atoms with Crippen LogP contribution < -0.4 is 5.32 Å². The molecule has 0 saturated heterocycles. The third-order valence-corrected chi connectivity index (χ3v) is 4.13. The van der Waals surface area contributed by atoms with E-state index in [-0.39, 0.29) is 0 Å². The van der Waals surface area contributed by atoms with Crippen LogP contribution in [0.1, 0.15) is 30.4 Å². The summed E-state index contributed by atoms with van der Waals surface area (Å²) in [5, 5.41) is 7.99. The molecule has 1 aromatic carbocycles. The second-order valence-corrected chi connectivity index (χ2v) is 6.42. The molecule has 0 aliphatic heterocycles. The van der Waals surface area contributed by atoms with Crippen molar-refractivity contribution in [3.63, 3.8) is 0 Å². The van der Waals surface area contributed by atoms with E-state index in [9.17, 15) is 0 Å². The predicted octanol–water partition coefficient (Wildman–Crippen LogP) is 3.38. The maximum absolute atomic E-state index is 4.44. The van der Waals surface area contributed by atoms with Crippen molar-refractivity contribution in [3.8, 4) is 0 Å². The molecule has 20 heavy (non-hydrogen) atoms. The Kier molecular flexibility index (Phi) is 4.53. The molecule has 1 aliphatic carbocycles. The molecule has 3 nitrogen and oxygen atoms in total. The average Bonchev–Trinajstić information content (AvgIpc) is 3.17. The summed E-state index contributed by atoms with van der Waals surface area (Å²) in [6, 6.07) is 9.22. The third kappa shape index (κ3) is 4.18. The predicted molar refractivity (Wildman–Crippen MR) is 84.8 cm³/mol. The van der Waals surface area contributed by atoms with E-state index in [1.165, 1.54) is 30.4 Å². The minimum Gasteiger partial charge on any atom is -0.314 e. The van der Waals surface area contributed by atoms with Gasteiger partial charge in [0.1, 0.15) is 0 Å². The van der Waals surface area contributed by atoms with E-state index in [0.29, 0.717) is 0 Å². The molecule has 0 unspecified atom stereocenters. The molecule has 106 valence electrons. The summed E-state index contributed by atoms with van der Waals surface area (Å²) in [5.41, 5.74) is 2.61. The topological polar surface area (TPSA) is 29.9 Å². The Morgan fingerprint density at radius 2 is 2.00 bits per heavy atom. The van der Waals surface area contributed by atoms with Gasteiger partial charge in [0.05, 0.1) is 12.7 Å². The lowest BCUT2D eigenvalue weighted by atomic mass is 10.2. The zero-order chi connectivity index (χ0) is 13.8. The normalized spacial score (nSPS) is 14.7. The van der Waals surface area contributed by atoms with Gasteiger partial charge >= 0.3 is 0 Å². The zero-order valence-corrected chi connectivity index (χ0v) is 13.1. The van der Waals surface area contributed by atoms with Gasteiger partial charge in [0.25, 0.3) is 0 Å². The SMILES string of the molecule is Brc1ccc(Cn2cc(CCCNC3CC3)cn2)cc1. The standard InChI is InChI=1S/C16H20BrN3/c17-15-5-3-13(4-6-15)11-20-12-14(10-19-20)2-1-9-18-16-7-8-16/h3-6,10,12,16,18H,1-2,7-9,11H2. The summed E-state index contributed by atoms with van der Waals surface area (Å²) < 4.78 is 3.14. The fraction of sp³-hybridized carbons (Fsp3) is 0.438. The number of nitrogens with one attached hydrogen (secondary N) is 1. The summed E-state index contributed by atoms with van der Waals surface area (Å²) in [5.74, 6) is 0. The van der Waals surface area contributed by atoms with Gasteiger partial charge in [-0.25, -0.2) is 0 Å². The molecule has 0 atom stereocenters. The van der Waals surface area contributed by atoms with Gasteiger partial charge in [0, 0.05) is 16.7 Å². The largest absolute Gasteiger partial charge is 0.314 e. The number of aryl methyl sites for hydroxylation is 1. The molecule has 1 heterocycles. The van der Waals surface area contributed by atoms with Gasteiger partial charge in [0.2, 0.25) is 0 Å².